The van der Waals surface area contributed by atoms with Crippen LogP contribution in [0.3, 0.4) is 0 Å². The van der Waals surface area contributed by atoms with Crippen molar-refractivity contribution in [2.75, 3.05) is 0 Å². The Bertz CT molecular complexity index is 2100. The number of benzene rings is 4. The molecule has 0 saturated carbocycles. The summed E-state index contributed by atoms with van der Waals surface area (Å²) >= 11 is 0. The summed E-state index contributed by atoms with van der Waals surface area (Å²) in [6.45, 7) is 3.76. The molecular weight excluding hydrogens is 524 g/mol. The van der Waals surface area contributed by atoms with Crippen molar-refractivity contribution in [3.8, 4) is 39.2 Å². The molecule has 4 nitrogen and oxygen atoms in total. The minimum atomic E-state index is 0.329. The zero-order valence-corrected chi connectivity index (χ0v) is 23.5. The monoisotopic (exact) mass is 552 g/mol. The standard InChI is InChI=1S/C39H28N4/c1-2-3-15-35(40)37-25-31(24-36(42-37)29-19-17-28(18-20-29)27-10-5-4-6-11-27)30-12-9-13-32(23-30)43-38-16-8-7-14-33(38)34-26-41-22-21-39(34)43/h2-26,40H,1H2/b15-3-,40-35?. The van der Waals surface area contributed by atoms with Gasteiger partial charge in [-0.25, -0.2) is 4.98 Å². The van der Waals surface area contributed by atoms with E-state index < -0.39 is 0 Å². The smallest absolute Gasteiger partial charge is 0.0892 e. The summed E-state index contributed by atoms with van der Waals surface area (Å²) in [6.07, 6.45) is 8.94. The van der Waals surface area contributed by atoms with Crippen LogP contribution < -0.4 is 0 Å². The van der Waals surface area contributed by atoms with Gasteiger partial charge in [0.2, 0.25) is 0 Å². The van der Waals surface area contributed by atoms with E-state index >= 15 is 0 Å². The molecule has 7 rings (SSSR count). The molecule has 3 heterocycles. The molecule has 0 aliphatic heterocycles. The van der Waals surface area contributed by atoms with Gasteiger partial charge in [0, 0.05) is 34.4 Å². The van der Waals surface area contributed by atoms with Gasteiger partial charge in [0.1, 0.15) is 0 Å². The molecule has 1 N–H and O–H groups in total. The van der Waals surface area contributed by atoms with Gasteiger partial charge in [-0.1, -0.05) is 104 Å². The van der Waals surface area contributed by atoms with Gasteiger partial charge in [-0.3, -0.25) is 10.4 Å². The van der Waals surface area contributed by atoms with Crippen LogP contribution in [0.15, 0.2) is 159 Å². The topological polar surface area (TPSA) is 54.6 Å². The SMILES string of the molecule is C=C/C=C\C(=N)c1cc(-c2cccc(-n3c4ccccc4c4cnccc43)c2)cc(-c2ccc(-c3ccccc3)cc2)n1. The van der Waals surface area contributed by atoms with Gasteiger partial charge in [0.05, 0.1) is 28.1 Å². The van der Waals surface area contributed by atoms with Crippen LogP contribution in [0.2, 0.25) is 0 Å². The van der Waals surface area contributed by atoms with Crippen LogP contribution in [0.4, 0.5) is 0 Å². The van der Waals surface area contributed by atoms with E-state index in [9.17, 15) is 0 Å². The molecule has 3 aromatic heterocycles. The number of hydrogen-bond donors (Lipinski definition) is 1. The zero-order chi connectivity index (χ0) is 29.2. The number of aromatic nitrogens is 3. The van der Waals surface area contributed by atoms with Crippen LogP contribution in [0.25, 0.3) is 61.0 Å². The van der Waals surface area contributed by atoms with E-state index in [-0.39, 0.29) is 0 Å². The molecule has 0 bridgehead atoms. The fourth-order valence-electron chi connectivity index (χ4n) is 5.62. The molecule has 0 saturated heterocycles. The lowest BCUT2D eigenvalue weighted by Crippen LogP contribution is -2.01. The molecule has 0 spiro atoms. The first-order chi connectivity index (χ1) is 21.2. The molecule has 0 atom stereocenters. The van der Waals surface area contributed by atoms with Crippen molar-refractivity contribution in [1.29, 1.82) is 5.41 Å². The highest BCUT2D eigenvalue weighted by molar-refractivity contribution is 6.09. The highest BCUT2D eigenvalue weighted by Gasteiger charge is 2.14. The minimum Gasteiger partial charge on any atom is -0.309 e. The second kappa shape index (κ2) is 11.2. The van der Waals surface area contributed by atoms with E-state index in [2.05, 4.69) is 113 Å². The first-order valence-corrected chi connectivity index (χ1v) is 14.2. The first kappa shape index (κ1) is 26.1. The summed E-state index contributed by atoms with van der Waals surface area (Å²) in [5, 5.41) is 11.0. The Kier molecular flexibility index (Phi) is 6.78. The lowest BCUT2D eigenvalue weighted by molar-refractivity contribution is 1.17. The van der Waals surface area contributed by atoms with E-state index in [1.54, 1.807) is 18.2 Å². The van der Waals surface area contributed by atoms with Crippen molar-refractivity contribution in [2.24, 2.45) is 0 Å². The van der Waals surface area contributed by atoms with Crippen molar-refractivity contribution < 1.29 is 0 Å². The third-order valence-electron chi connectivity index (χ3n) is 7.70. The number of nitrogens with zero attached hydrogens (tertiary/aromatic N) is 3. The van der Waals surface area contributed by atoms with Crippen molar-refractivity contribution in [2.45, 2.75) is 0 Å². The molecule has 43 heavy (non-hydrogen) atoms. The summed E-state index contributed by atoms with van der Waals surface area (Å²) in [4.78, 5) is 9.31. The van der Waals surface area contributed by atoms with Gasteiger partial charge < -0.3 is 4.57 Å². The van der Waals surface area contributed by atoms with Crippen LogP contribution in [-0.2, 0) is 0 Å². The molecular formula is C39H28N4. The average Bonchev–Trinajstić information content (AvgIpc) is 3.42. The summed E-state index contributed by atoms with van der Waals surface area (Å²) in [6, 6.07) is 41.9. The van der Waals surface area contributed by atoms with Crippen molar-refractivity contribution in [3.63, 3.8) is 0 Å². The zero-order valence-electron chi connectivity index (χ0n) is 23.5. The minimum absolute atomic E-state index is 0.329. The maximum absolute atomic E-state index is 8.73. The van der Waals surface area contributed by atoms with Crippen LogP contribution in [-0.4, -0.2) is 20.2 Å². The molecule has 0 aliphatic rings. The van der Waals surface area contributed by atoms with Gasteiger partial charge in [0.25, 0.3) is 0 Å². The number of allylic oxidation sites excluding steroid dienone is 3. The molecule has 4 aromatic carbocycles. The van der Waals surface area contributed by atoms with Crippen LogP contribution in [0, 0.1) is 5.41 Å². The normalized spacial score (nSPS) is 11.3. The van der Waals surface area contributed by atoms with Crippen LogP contribution >= 0.6 is 0 Å². The fourth-order valence-corrected chi connectivity index (χ4v) is 5.62. The van der Waals surface area contributed by atoms with Crippen LogP contribution in [0.5, 0.6) is 0 Å². The molecule has 204 valence electrons. The number of hydrogen-bond acceptors (Lipinski definition) is 3. The van der Waals surface area contributed by atoms with Gasteiger partial charge in [-0.2, -0.15) is 0 Å². The number of fused-ring (bicyclic) bond motifs is 3. The third kappa shape index (κ3) is 4.96. The molecule has 0 aliphatic carbocycles. The Hall–Kier alpha value is -5.87. The molecule has 7 aromatic rings. The molecule has 0 amide bonds. The summed E-state index contributed by atoms with van der Waals surface area (Å²) < 4.78 is 2.29. The van der Waals surface area contributed by atoms with Gasteiger partial charge in [0.15, 0.2) is 0 Å². The predicted octanol–water partition coefficient (Wildman–Crippen LogP) is 9.68. The average molecular weight is 553 g/mol. The molecule has 0 radical (unpaired) electrons. The molecule has 0 fully saturated rings. The van der Waals surface area contributed by atoms with E-state index in [0.29, 0.717) is 11.4 Å². The maximum Gasteiger partial charge on any atom is 0.0892 e. The first-order valence-electron chi connectivity index (χ1n) is 14.2. The highest BCUT2D eigenvalue weighted by Crippen LogP contribution is 2.34. The van der Waals surface area contributed by atoms with Gasteiger partial charge >= 0.3 is 0 Å². The Balaban J connectivity index is 1.36. The van der Waals surface area contributed by atoms with E-state index in [1.165, 1.54) is 10.9 Å². The third-order valence-corrected chi connectivity index (χ3v) is 7.70. The van der Waals surface area contributed by atoms with Crippen molar-refractivity contribution >= 4 is 27.5 Å². The van der Waals surface area contributed by atoms with Crippen molar-refractivity contribution in [3.05, 3.63) is 164 Å². The predicted molar refractivity (Wildman–Crippen MR) is 179 cm³/mol. The summed E-state index contributed by atoms with van der Waals surface area (Å²) in [5.74, 6) is 0. The Labute approximate surface area is 250 Å². The Morgan fingerprint density at radius 2 is 1.37 bits per heavy atom. The summed E-state index contributed by atoms with van der Waals surface area (Å²) in [7, 11) is 0. The van der Waals surface area contributed by atoms with Gasteiger partial charge in [-0.05, 0) is 64.7 Å². The number of nitrogens with one attached hydrogen (secondary N) is 1. The molecule has 0 unspecified atom stereocenters. The second-order valence-corrected chi connectivity index (χ2v) is 10.4. The second-order valence-electron chi connectivity index (χ2n) is 10.4. The van der Waals surface area contributed by atoms with Crippen LogP contribution in [0.1, 0.15) is 5.69 Å². The summed E-state index contributed by atoms with van der Waals surface area (Å²) in [5.41, 5.74) is 10.4. The van der Waals surface area contributed by atoms with E-state index in [4.69, 9.17) is 10.4 Å². The Morgan fingerprint density at radius 3 is 2.21 bits per heavy atom. The fraction of sp³-hybridized carbons (Fsp3) is 0. The quantitative estimate of drug-likeness (QED) is 0.158. The number of pyridine rings is 2. The van der Waals surface area contributed by atoms with E-state index in [0.717, 1.165) is 50.1 Å². The number of rotatable bonds is 7. The van der Waals surface area contributed by atoms with Crippen molar-refractivity contribution in [1.82, 2.24) is 14.5 Å². The molecule has 4 heteroatoms. The largest absolute Gasteiger partial charge is 0.309 e. The number of para-hydroxylation sites is 1. The lowest BCUT2D eigenvalue weighted by atomic mass is 9.98. The van der Waals surface area contributed by atoms with E-state index in [1.807, 2.05) is 36.7 Å². The maximum atomic E-state index is 8.73. The Morgan fingerprint density at radius 1 is 0.651 bits per heavy atom. The lowest BCUT2D eigenvalue weighted by Gasteiger charge is -2.13. The highest BCUT2D eigenvalue weighted by atomic mass is 15.0. The van der Waals surface area contributed by atoms with Gasteiger partial charge in [-0.15, -0.1) is 0 Å².